The fraction of sp³-hybridized carbons (Fsp3) is 0.300. The Hall–Kier alpha value is -1.31. The van der Waals surface area contributed by atoms with Crippen molar-refractivity contribution >= 4 is 11.9 Å². The number of anilines is 1. The molecule has 2 heteroatoms. The highest BCUT2D eigenvalue weighted by molar-refractivity contribution is 5.86. The maximum atomic E-state index is 5.62. The van der Waals surface area contributed by atoms with Crippen LogP contribution in [-0.2, 0) is 0 Å². The van der Waals surface area contributed by atoms with Crippen LogP contribution >= 0.6 is 0 Å². The first-order valence-corrected chi connectivity index (χ1v) is 4.11. The molecule has 0 spiro atoms. The molecule has 2 nitrogen and oxygen atoms in total. The molecule has 0 atom stereocenters. The topological polar surface area (TPSA) is 38.4 Å². The van der Waals surface area contributed by atoms with E-state index in [4.69, 9.17) is 5.73 Å². The molecule has 0 aromatic heterocycles. The Morgan fingerprint density at radius 2 is 1.83 bits per heavy atom. The third-order valence-corrected chi connectivity index (χ3v) is 1.26. The highest BCUT2D eigenvalue weighted by Gasteiger charge is 1.89. The summed E-state index contributed by atoms with van der Waals surface area (Å²) in [6, 6.07) is 7.63. The molecule has 0 bridgehead atoms. The van der Waals surface area contributed by atoms with Crippen LogP contribution in [0.2, 0.25) is 0 Å². The molecule has 1 rings (SSSR count). The van der Waals surface area contributed by atoms with Gasteiger partial charge < -0.3 is 5.73 Å². The number of para-hydroxylation sites is 1. The zero-order valence-corrected chi connectivity index (χ0v) is 7.91. The minimum Gasteiger partial charge on any atom is -0.398 e. The number of nitrogens with zero attached hydrogens (tertiary/aromatic N) is 1. The van der Waals surface area contributed by atoms with Crippen molar-refractivity contribution < 1.29 is 0 Å². The summed E-state index contributed by atoms with van der Waals surface area (Å²) in [6.45, 7) is 4.00. The van der Waals surface area contributed by atoms with Gasteiger partial charge in [-0.2, -0.15) is 0 Å². The van der Waals surface area contributed by atoms with Gasteiger partial charge in [-0.25, -0.2) is 0 Å². The van der Waals surface area contributed by atoms with E-state index in [1.165, 1.54) is 0 Å². The predicted octanol–water partition coefficient (Wildman–Crippen LogP) is 2.34. The fourth-order valence-electron chi connectivity index (χ4n) is 0.768. The maximum absolute atomic E-state index is 5.62. The Kier molecular flexibility index (Phi) is 5.70. The quantitative estimate of drug-likeness (QED) is 0.502. The average Bonchev–Trinajstić information content (AvgIpc) is 2.13. The maximum Gasteiger partial charge on any atom is 0.0403 e. The number of benzene rings is 1. The second-order valence-corrected chi connectivity index (χ2v) is 2.02. The van der Waals surface area contributed by atoms with Gasteiger partial charge in [0.15, 0.2) is 0 Å². The van der Waals surface area contributed by atoms with Gasteiger partial charge in [-0.15, -0.1) is 0 Å². The molecular formula is C10H16N2. The number of rotatable bonds is 1. The van der Waals surface area contributed by atoms with Crippen LogP contribution in [0.25, 0.3) is 0 Å². The van der Waals surface area contributed by atoms with Gasteiger partial charge in [-0.1, -0.05) is 32.0 Å². The number of nitrogen functional groups attached to an aromatic ring is 1. The molecule has 0 aliphatic carbocycles. The van der Waals surface area contributed by atoms with Gasteiger partial charge in [0.2, 0.25) is 0 Å². The molecule has 0 aliphatic heterocycles. The van der Waals surface area contributed by atoms with Crippen LogP contribution in [0, 0.1) is 0 Å². The van der Waals surface area contributed by atoms with Crippen LogP contribution in [0.4, 0.5) is 5.69 Å². The Balaban J connectivity index is 0.000000561. The van der Waals surface area contributed by atoms with E-state index in [1.54, 1.807) is 13.3 Å². The van der Waals surface area contributed by atoms with Crippen molar-refractivity contribution in [3.05, 3.63) is 29.8 Å². The van der Waals surface area contributed by atoms with E-state index < -0.39 is 0 Å². The van der Waals surface area contributed by atoms with E-state index in [0.29, 0.717) is 0 Å². The third kappa shape index (κ3) is 3.19. The van der Waals surface area contributed by atoms with Gasteiger partial charge in [0, 0.05) is 24.5 Å². The molecule has 1 aromatic carbocycles. The lowest BCUT2D eigenvalue weighted by molar-refractivity contribution is 1.46. The summed E-state index contributed by atoms with van der Waals surface area (Å²) < 4.78 is 0. The van der Waals surface area contributed by atoms with E-state index in [1.807, 2.05) is 38.1 Å². The molecule has 0 unspecified atom stereocenters. The van der Waals surface area contributed by atoms with Crippen molar-refractivity contribution in [3.63, 3.8) is 0 Å². The summed E-state index contributed by atoms with van der Waals surface area (Å²) in [4.78, 5) is 3.86. The molecule has 66 valence electrons. The first kappa shape index (κ1) is 10.7. The lowest BCUT2D eigenvalue weighted by Crippen LogP contribution is -1.91. The number of aliphatic imine (C=N–C) groups is 1. The minimum atomic E-state index is 0.771. The summed E-state index contributed by atoms with van der Waals surface area (Å²) in [6.07, 6.45) is 1.75. The van der Waals surface area contributed by atoms with Gasteiger partial charge in [-0.3, -0.25) is 4.99 Å². The zero-order valence-electron chi connectivity index (χ0n) is 7.91. The Labute approximate surface area is 74.1 Å². The molecule has 0 amide bonds. The largest absolute Gasteiger partial charge is 0.398 e. The van der Waals surface area contributed by atoms with Crippen LogP contribution in [0.1, 0.15) is 19.4 Å². The van der Waals surface area contributed by atoms with Crippen LogP contribution in [0.5, 0.6) is 0 Å². The summed E-state index contributed by atoms with van der Waals surface area (Å²) >= 11 is 0. The Bertz CT molecular complexity index is 241. The molecular weight excluding hydrogens is 148 g/mol. The van der Waals surface area contributed by atoms with Crippen molar-refractivity contribution in [3.8, 4) is 0 Å². The van der Waals surface area contributed by atoms with Gasteiger partial charge in [-0.05, 0) is 6.07 Å². The van der Waals surface area contributed by atoms with Gasteiger partial charge in [0.25, 0.3) is 0 Å². The van der Waals surface area contributed by atoms with Crippen molar-refractivity contribution in [1.82, 2.24) is 0 Å². The third-order valence-electron chi connectivity index (χ3n) is 1.26. The van der Waals surface area contributed by atoms with E-state index in [9.17, 15) is 0 Å². The van der Waals surface area contributed by atoms with Gasteiger partial charge >= 0.3 is 0 Å². The summed E-state index contributed by atoms with van der Waals surface area (Å²) in [5.74, 6) is 0. The van der Waals surface area contributed by atoms with Crippen LogP contribution in [0.3, 0.4) is 0 Å². The molecule has 0 saturated heterocycles. The van der Waals surface area contributed by atoms with Crippen molar-refractivity contribution in [2.75, 3.05) is 12.8 Å². The van der Waals surface area contributed by atoms with Crippen molar-refractivity contribution in [1.29, 1.82) is 0 Å². The Morgan fingerprint density at radius 1 is 1.25 bits per heavy atom. The normalized spacial score (nSPS) is 9.25. The summed E-state index contributed by atoms with van der Waals surface area (Å²) in [5.41, 5.74) is 7.36. The standard InChI is InChI=1S/C8H10N2.C2H6/c1-10-6-7-4-2-3-5-8(7)9;1-2/h2-6H,9H2,1H3;1-2H3. The lowest BCUT2D eigenvalue weighted by atomic mass is 10.2. The van der Waals surface area contributed by atoms with Gasteiger partial charge in [0.1, 0.15) is 0 Å². The molecule has 1 aromatic rings. The molecule has 2 N–H and O–H groups in total. The highest BCUT2D eigenvalue weighted by Crippen LogP contribution is 2.06. The van der Waals surface area contributed by atoms with Crippen LogP contribution < -0.4 is 5.73 Å². The highest BCUT2D eigenvalue weighted by atomic mass is 14.6. The molecule has 0 fully saturated rings. The molecule has 0 radical (unpaired) electrons. The summed E-state index contributed by atoms with van der Waals surface area (Å²) in [7, 11) is 1.73. The average molecular weight is 164 g/mol. The van der Waals surface area contributed by atoms with Crippen molar-refractivity contribution in [2.24, 2.45) is 4.99 Å². The number of hydrogen-bond acceptors (Lipinski definition) is 2. The predicted molar refractivity (Wildman–Crippen MR) is 55.7 cm³/mol. The van der Waals surface area contributed by atoms with Crippen LogP contribution in [0.15, 0.2) is 29.3 Å². The number of nitrogens with two attached hydrogens (primary N) is 1. The first-order chi connectivity index (χ1) is 5.84. The first-order valence-electron chi connectivity index (χ1n) is 4.11. The molecule has 0 saturated carbocycles. The fourth-order valence-corrected chi connectivity index (χ4v) is 0.768. The van der Waals surface area contributed by atoms with Gasteiger partial charge in [0.05, 0.1) is 0 Å². The lowest BCUT2D eigenvalue weighted by Gasteiger charge is -1.95. The molecule has 0 heterocycles. The minimum absolute atomic E-state index is 0.771. The zero-order chi connectivity index (χ0) is 9.40. The smallest absolute Gasteiger partial charge is 0.0403 e. The summed E-state index contributed by atoms with van der Waals surface area (Å²) in [5, 5.41) is 0. The Morgan fingerprint density at radius 3 is 2.33 bits per heavy atom. The van der Waals surface area contributed by atoms with E-state index in [2.05, 4.69) is 4.99 Å². The monoisotopic (exact) mass is 164 g/mol. The van der Waals surface area contributed by atoms with E-state index >= 15 is 0 Å². The molecule has 0 aliphatic rings. The SMILES string of the molecule is CC.CN=Cc1ccccc1N. The number of hydrogen-bond donors (Lipinski definition) is 1. The van der Waals surface area contributed by atoms with Crippen LogP contribution in [-0.4, -0.2) is 13.3 Å². The molecule has 12 heavy (non-hydrogen) atoms. The second-order valence-electron chi connectivity index (χ2n) is 2.02. The van der Waals surface area contributed by atoms with E-state index in [0.717, 1.165) is 11.3 Å². The van der Waals surface area contributed by atoms with E-state index in [-0.39, 0.29) is 0 Å². The van der Waals surface area contributed by atoms with Crippen molar-refractivity contribution in [2.45, 2.75) is 13.8 Å². The second kappa shape index (κ2) is 6.40.